The average molecular weight is 399 g/mol. The van der Waals surface area contributed by atoms with Crippen molar-refractivity contribution >= 4 is 34.0 Å². The topological polar surface area (TPSA) is 72.7 Å². The number of para-hydroxylation sites is 1. The number of hydrogen-bond acceptors (Lipinski definition) is 6. The molecule has 0 spiro atoms. The molecule has 7 heteroatoms. The Kier molecular flexibility index (Phi) is 3.64. The monoisotopic (exact) mass is 399 g/mol. The van der Waals surface area contributed by atoms with Crippen molar-refractivity contribution in [1.29, 1.82) is 0 Å². The average Bonchev–Trinajstić information content (AvgIpc) is 3.44. The molecular formula is C22H17N5OS. The van der Waals surface area contributed by atoms with Gasteiger partial charge in [-0.05, 0) is 35.6 Å². The van der Waals surface area contributed by atoms with E-state index in [9.17, 15) is 4.79 Å². The molecule has 1 aliphatic carbocycles. The second-order valence-electron chi connectivity index (χ2n) is 7.41. The maximum absolute atomic E-state index is 13.4. The first-order valence-electron chi connectivity index (χ1n) is 9.59. The number of carbonyl (C=O) groups excluding carboxylic acids is 1. The normalized spacial score (nSPS) is 21.0. The van der Waals surface area contributed by atoms with E-state index in [0.717, 1.165) is 34.2 Å². The molecule has 0 saturated heterocycles. The number of fused-ring (bicyclic) bond motifs is 2. The number of aromatic nitrogens is 4. The number of nitrogens with one attached hydrogen (secondary N) is 1. The van der Waals surface area contributed by atoms with E-state index in [2.05, 4.69) is 37.9 Å². The molecule has 6 nitrogen and oxygen atoms in total. The van der Waals surface area contributed by atoms with Crippen molar-refractivity contribution in [3.8, 4) is 0 Å². The van der Waals surface area contributed by atoms with Gasteiger partial charge in [-0.3, -0.25) is 9.78 Å². The van der Waals surface area contributed by atoms with Crippen molar-refractivity contribution in [3.05, 3.63) is 82.1 Å². The van der Waals surface area contributed by atoms with Gasteiger partial charge in [-0.2, -0.15) is 10.1 Å². The van der Waals surface area contributed by atoms with Gasteiger partial charge in [0, 0.05) is 40.1 Å². The van der Waals surface area contributed by atoms with Gasteiger partial charge in [0.15, 0.2) is 5.78 Å². The third-order valence-electron chi connectivity index (χ3n) is 5.78. The molecule has 142 valence electrons. The SMILES string of the molecule is O=C1C[C@H](c2cccs2)CC2=C1[C@H](c1ccnc3ccccc13)n1ncnc1N2. The highest BCUT2D eigenvalue weighted by Crippen LogP contribution is 2.45. The zero-order valence-electron chi connectivity index (χ0n) is 15.4. The second-order valence-corrected chi connectivity index (χ2v) is 8.39. The Hall–Kier alpha value is -3.32. The van der Waals surface area contributed by atoms with Gasteiger partial charge in [0.1, 0.15) is 12.4 Å². The molecule has 0 amide bonds. The first kappa shape index (κ1) is 16.6. The van der Waals surface area contributed by atoms with Gasteiger partial charge in [-0.1, -0.05) is 24.3 Å². The minimum absolute atomic E-state index is 0.171. The van der Waals surface area contributed by atoms with Crippen molar-refractivity contribution in [2.24, 2.45) is 0 Å². The van der Waals surface area contributed by atoms with E-state index >= 15 is 0 Å². The maximum atomic E-state index is 13.4. The lowest BCUT2D eigenvalue weighted by atomic mass is 9.79. The van der Waals surface area contributed by atoms with Crippen LogP contribution in [0.4, 0.5) is 5.95 Å². The lowest BCUT2D eigenvalue weighted by molar-refractivity contribution is -0.116. The molecule has 2 aliphatic rings. The van der Waals surface area contributed by atoms with Gasteiger partial charge in [-0.25, -0.2) is 4.68 Å². The molecule has 2 atom stereocenters. The summed E-state index contributed by atoms with van der Waals surface area (Å²) in [5.41, 5.74) is 3.70. The zero-order chi connectivity index (χ0) is 19.4. The summed E-state index contributed by atoms with van der Waals surface area (Å²) in [7, 11) is 0. The van der Waals surface area contributed by atoms with E-state index in [1.54, 1.807) is 23.9 Å². The fourth-order valence-electron chi connectivity index (χ4n) is 4.52. The van der Waals surface area contributed by atoms with Gasteiger partial charge in [0.05, 0.1) is 5.52 Å². The summed E-state index contributed by atoms with van der Waals surface area (Å²) in [5, 5.41) is 10.9. The van der Waals surface area contributed by atoms with Gasteiger partial charge >= 0.3 is 0 Å². The Morgan fingerprint density at radius 1 is 1.07 bits per heavy atom. The molecule has 0 saturated carbocycles. The summed E-state index contributed by atoms with van der Waals surface area (Å²) in [6, 6.07) is 13.9. The molecule has 0 unspecified atom stereocenters. The Labute approximate surface area is 170 Å². The van der Waals surface area contributed by atoms with E-state index in [1.807, 2.05) is 35.0 Å². The van der Waals surface area contributed by atoms with Crippen LogP contribution in [0.1, 0.15) is 35.2 Å². The molecule has 1 N–H and O–H groups in total. The highest BCUT2D eigenvalue weighted by atomic mass is 32.1. The third kappa shape index (κ3) is 2.54. The highest BCUT2D eigenvalue weighted by molar-refractivity contribution is 7.10. The molecule has 29 heavy (non-hydrogen) atoms. The number of carbonyl (C=O) groups is 1. The first-order chi connectivity index (χ1) is 14.3. The summed E-state index contributed by atoms with van der Waals surface area (Å²) < 4.78 is 1.82. The van der Waals surface area contributed by atoms with Crippen LogP contribution in [0.25, 0.3) is 10.9 Å². The number of Topliss-reactive ketones (excluding diaryl/α,β-unsaturated/α-hetero) is 1. The number of rotatable bonds is 2. The standard InChI is InChI=1S/C22H17N5OS/c28-18-11-13(19-6-3-9-29-19)10-17-20(18)21(27-22(26-17)24-12-25-27)15-7-8-23-16-5-2-1-4-14(15)16/h1-9,12-13,21H,10-11H2,(H,24,25,26)/t13-,21+/m1/s1. The molecule has 0 bridgehead atoms. The van der Waals surface area contributed by atoms with Gasteiger partial charge < -0.3 is 5.32 Å². The number of anilines is 1. The largest absolute Gasteiger partial charge is 0.328 e. The minimum Gasteiger partial charge on any atom is -0.328 e. The van der Waals surface area contributed by atoms with Gasteiger partial charge in [0.25, 0.3) is 0 Å². The molecule has 4 heterocycles. The number of thiophene rings is 1. The first-order valence-corrected chi connectivity index (χ1v) is 10.5. The minimum atomic E-state index is -0.298. The van der Waals surface area contributed by atoms with Crippen LogP contribution in [0.5, 0.6) is 0 Å². The summed E-state index contributed by atoms with van der Waals surface area (Å²) in [5.74, 6) is 1.05. The molecule has 1 aliphatic heterocycles. The maximum Gasteiger partial charge on any atom is 0.226 e. The van der Waals surface area contributed by atoms with Gasteiger partial charge in [0.2, 0.25) is 5.95 Å². The van der Waals surface area contributed by atoms with Crippen molar-refractivity contribution in [2.75, 3.05) is 5.32 Å². The Morgan fingerprint density at radius 2 is 2.00 bits per heavy atom. The number of allylic oxidation sites excluding steroid dienone is 2. The third-order valence-corrected chi connectivity index (χ3v) is 6.82. The van der Waals surface area contributed by atoms with Gasteiger partial charge in [-0.15, -0.1) is 11.3 Å². The fraction of sp³-hybridized carbons (Fsp3) is 0.182. The van der Waals surface area contributed by atoms with Crippen LogP contribution in [0.3, 0.4) is 0 Å². The molecule has 6 rings (SSSR count). The quantitative estimate of drug-likeness (QED) is 0.544. The highest BCUT2D eigenvalue weighted by Gasteiger charge is 2.39. The van der Waals surface area contributed by atoms with E-state index in [4.69, 9.17) is 0 Å². The Bertz CT molecular complexity index is 1270. The van der Waals surface area contributed by atoms with Crippen LogP contribution in [0.15, 0.2) is 71.6 Å². The summed E-state index contributed by atoms with van der Waals surface area (Å²) in [4.78, 5) is 23.6. The number of pyridine rings is 1. The number of ketones is 1. The van der Waals surface area contributed by atoms with Crippen LogP contribution in [-0.4, -0.2) is 25.5 Å². The van der Waals surface area contributed by atoms with Crippen LogP contribution >= 0.6 is 11.3 Å². The second kappa shape index (κ2) is 6.35. The number of hydrogen-bond donors (Lipinski definition) is 1. The number of benzene rings is 1. The van der Waals surface area contributed by atoms with Crippen LogP contribution in [0, 0.1) is 0 Å². The van der Waals surface area contributed by atoms with Crippen LogP contribution in [-0.2, 0) is 4.79 Å². The summed E-state index contributed by atoms with van der Waals surface area (Å²) >= 11 is 1.71. The molecular weight excluding hydrogens is 382 g/mol. The predicted octanol–water partition coefficient (Wildman–Crippen LogP) is 4.30. The van der Waals surface area contributed by atoms with E-state index < -0.39 is 0 Å². The lowest BCUT2D eigenvalue weighted by Crippen LogP contribution is -2.33. The molecule has 4 aromatic rings. The van der Waals surface area contributed by atoms with Crippen LogP contribution < -0.4 is 5.32 Å². The van der Waals surface area contributed by atoms with Crippen molar-refractivity contribution in [2.45, 2.75) is 24.8 Å². The van der Waals surface area contributed by atoms with E-state index in [0.29, 0.717) is 12.4 Å². The van der Waals surface area contributed by atoms with Crippen molar-refractivity contribution in [3.63, 3.8) is 0 Å². The smallest absolute Gasteiger partial charge is 0.226 e. The fourth-order valence-corrected chi connectivity index (χ4v) is 5.35. The van der Waals surface area contributed by atoms with E-state index in [1.165, 1.54) is 4.88 Å². The van der Waals surface area contributed by atoms with Crippen molar-refractivity contribution < 1.29 is 4.79 Å². The summed E-state index contributed by atoms with van der Waals surface area (Å²) in [6.07, 6.45) is 4.66. The van der Waals surface area contributed by atoms with Crippen LogP contribution in [0.2, 0.25) is 0 Å². The molecule has 1 aromatic carbocycles. The molecule has 0 radical (unpaired) electrons. The number of nitrogens with zero attached hydrogens (tertiary/aromatic N) is 4. The zero-order valence-corrected chi connectivity index (χ0v) is 16.3. The van der Waals surface area contributed by atoms with E-state index in [-0.39, 0.29) is 17.7 Å². The summed E-state index contributed by atoms with van der Waals surface area (Å²) in [6.45, 7) is 0. The molecule has 3 aromatic heterocycles. The Morgan fingerprint density at radius 3 is 2.90 bits per heavy atom. The Balaban J connectivity index is 1.55. The predicted molar refractivity (Wildman–Crippen MR) is 112 cm³/mol. The lowest BCUT2D eigenvalue weighted by Gasteiger charge is -2.35. The molecule has 0 fully saturated rings. The van der Waals surface area contributed by atoms with Crippen molar-refractivity contribution in [1.82, 2.24) is 19.7 Å².